The fraction of sp³-hybridized carbons (Fsp3) is 0.286. The Balaban J connectivity index is 2.76. The highest BCUT2D eigenvalue weighted by molar-refractivity contribution is 6.45. The van der Waals surface area contributed by atoms with E-state index in [9.17, 15) is 14.7 Å². The minimum Gasteiger partial charge on any atom is -0.480 e. The van der Waals surface area contributed by atoms with Crippen LogP contribution in [0.25, 0.3) is 10.8 Å². The molecule has 6 heteroatoms. The van der Waals surface area contributed by atoms with Crippen molar-refractivity contribution in [2.24, 2.45) is 5.92 Å². The molecule has 0 bridgehead atoms. The topological polar surface area (TPSA) is 59.3 Å². The Morgan fingerprint density at radius 2 is 1.85 bits per heavy atom. The van der Waals surface area contributed by atoms with E-state index in [2.05, 4.69) is 0 Å². The molecule has 2 rings (SSSR count). The van der Waals surface area contributed by atoms with Gasteiger partial charge in [0.15, 0.2) is 0 Å². The maximum Gasteiger partial charge on any atom is 0.327 e. The molecule has 1 heterocycles. The molecule has 0 saturated heterocycles. The van der Waals surface area contributed by atoms with E-state index in [1.165, 1.54) is 16.8 Å². The molecular formula is C14H13Cl2NO3. The molecule has 1 aromatic heterocycles. The van der Waals surface area contributed by atoms with Crippen LogP contribution in [0.3, 0.4) is 0 Å². The zero-order valence-corrected chi connectivity index (χ0v) is 12.4. The minimum atomic E-state index is -1.04. The summed E-state index contributed by atoms with van der Waals surface area (Å²) < 4.78 is 1.22. The number of aromatic nitrogens is 1. The fourth-order valence-electron chi connectivity index (χ4n) is 2.22. The van der Waals surface area contributed by atoms with Gasteiger partial charge in [-0.15, -0.1) is 0 Å². The van der Waals surface area contributed by atoms with Crippen molar-refractivity contribution in [2.75, 3.05) is 0 Å². The molecule has 0 fully saturated rings. The quantitative estimate of drug-likeness (QED) is 0.942. The lowest BCUT2D eigenvalue weighted by Gasteiger charge is -2.19. The molecule has 1 N–H and O–H groups in total. The molecule has 0 saturated carbocycles. The molecule has 0 aliphatic rings. The van der Waals surface area contributed by atoms with E-state index in [0.29, 0.717) is 20.8 Å². The number of aliphatic carboxylic acids is 1. The van der Waals surface area contributed by atoms with Gasteiger partial charge in [0.25, 0.3) is 5.56 Å². The molecule has 0 spiro atoms. The van der Waals surface area contributed by atoms with Crippen molar-refractivity contribution >= 4 is 39.9 Å². The zero-order valence-electron chi connectivity index (χ0n) is 10.9. The van der Waals surface area contributed by atoms with Crippen LogP contribution >= 0.6 is 23.2 Å². The van der Waals surface area contributed by atoms with Crippen LogP contribution in [-0.2, 0) is 4.79 Å². The summed E-state index contributed by atoms with van der Waals surface area (Å²) in [6, 6.07) is 3.79. The lowest BCUT2D eigenvalue weighted by Crippen LogP contribution is -2.32. The first-order valence-corrected chi connectivity index (χ1v) is 6.82. The van der Waals surface area contributed by atoms with E-state index in [0.717, 1.165) is 0 Å². The smallest absolute Gasteiger partial charge is 0.327 e. The van der Waals surface area contributed by atoms with Gasteiger partial charge in [-0.1, -0.05) is 37.0 Å². The van der Waals surface area contributed by atoms with E-state index in [-0.39, 0.29) is 11.5 Å². The number of carboxylic acid groups (broad SMARTS) is 1. The Hall–Kier alpha value is -1.52. The van der Waals surface area contributed by atoms with Crippen LogP contribution in [0, 0.1) is 5.92 Å². The van der Waals surface area contributed by atoms with Gasteiger partial charge in [-0.05, 0) is 24.1 Å². The molecule has 20 heavy (non-hydrogen) atoms. The Morgan fingerprint density at radius 3 is 2.40 bits per heavy atom. The van der Waals surface area contributed by atoms with E-state index < -0.39 is 12.0 Å². The Labute approximate surface area is 125 Å². The van der Waals surface area contributed by atoms with Crippen LogP contribution < -0.4 is 5.56 Å². The van der Waals surface area contributed by atoms with Gasteiger partial charge in [-0.3, -0.25) is 4.79 Å². The Morgan fingerprint density at radius 1 is 1.20 bits per heavy atom. The lowest BCUT2D eigenvalue weighted by molar-refractivity contribution is -0.142. The number of halogens is 2. The molecule has 0 aliphatic carbocycles. The predicted molar refractivity (Wildman–Crippen MR) is 79.7 cm³/mol. The third-order valence-corrected chi connectivity index (χ3v) is 4.00. The van der Waals surface area contributed by atoms with E-state index in [4.69, 9.17) is 23.2 Å². The normalized spacial score (nSPS) is 12.8. The zero-order chi connectivity index (χ0) is 15.0. The SMILES string of the molecule is CC(C)C(C(=O)O)n1ccc2c(Cl)c(Cl)ccc2c1=O. The number of fused-ring (bicyclic) bond motifs is 1. The van der Waals surface area contributed by atoms with Crippen molar-refractivity contribution in [3.8, 4) is 0 Å². The van der Waals surface area contributed by atoms with Crippen molar-refractivity contribution < 1.29 is 9.90 Å². The summed E-state index contributed by atoms with van der Waals surface area (Å²) in [7, 11) is 0. The van der Waals surface area contributed by atoms with Crippen molar-refractivity contribution in [1.82, 2.24) is 4.57 Å². The molecule has 106 valence electrons. The summed E-state index contributed by atoms with van der Waals surface area (Å²) in [5.74, 6) is -1.26. The van der Waals surface area contributed by atoms with Gasteiger partial charge in [-0.2, -0.15) is 0 Å². The monoisotopic (exact) mass is 313 g/mol. The van der Waals surface area contributed by atoms with Gasteiger partial charge in [-0.25, -0.2) is 4.79 Å². The molecule has 1 atom stereocenters. The molecule has 1 unspecified atom stereocenters. The average molecular weight is 314 g/mol. The van der Waals surface area contributed by atoms with Crippen LogP contribution in [0.1, 0.15) is 19.9 Å². The van der Waals surface area contributed by atoms with Gasteiger partial charge in [0.2, 0.25) is 0 Å². The Bertz CT molecular complexity index is 737. The van der Waals surface area contributed by atoms with Crippen LogP contribution in [-0.4, -0.2) is 15.6 Å². The first-order valence-electron chi connectivity index (χ1n) is 6.06. The highest BCUT2D eigenvalue weighted by Gasteiger charge is 2.25. The van der Waals surface area contributed by atoms with E-state index in [1.807, 2.05) is 0 Å². The number of pyridine rings is 1. The third kappa shape index (κ3) is 2.41. The maximum absolute atomic E-state index is 12.4. The van der Waals surface area contributed by atoms with Crippen molar-refractivity contribution in [3.05, 3.63) is 44.8 Å². The first-order chi connectivity index (χ1) is 9.34. The molecule has 4 nitrogen and oxygen atoms in total. The summed E-state index contributed by atoms with van der Waals surface area (Å²) in [4.78, 5) is 23.8. The van der Waals surface area contributed by atoms with Crippen LogP contribution in [0.2, 0.25) is 10.0 Å². The summed E-state index contributed by atoms with van der Waals surface area (Å²) in [6.45, 7) is 3.51. The number of benzene rings is 1. The van der Waals surface area contributed by atoms with Gasteiger partial charge in [0, 0.05) is 17.0 Å². The standard InChI is InChI=1S/C14H13Cl2NO3/c1-7(2)12(14(19)20)17-6-5-8-9(13(17)18)3-4-10(15)11(8)16/h3-7,12H,1-2H3,(H,19,20). The summed E-state index contributed by atoms with van der Waals surface area (Å²) in [6.07, 6.45) is 1.45. The lowest BCUT2D eigenvalue weighted by atomic mass is 10.0. The van der Waals surface area contributed by atoms with Crippen LogP contribution in [0.5, 0.6) is 0 Å². The van der Waals surface area contributed by atoms with Gasteiger partial charge in [0.1, 0.15) is 6.04 Å². The molecule has 2 aromatic rings. The first kappa shape index (κ1) is 14.9. The molecular weight excluding hydrogens is 301 g/mol. The molecule has 0 amide bonds. The molecule has 0 aliphatic heterocycles. The third-order valence-electron chi connectivity index (χ3n) is 3.18. The summed E-state index contributed by atoms with van der Waals surface area (Å²) in [5.41, 5.74) is -0.387. The highest BCUT2D eigenvalue weighted by atomic mass is 35.5. The minimum absolute atomic E-state index is 0.217. The fourth-order valence-corrected chi connectivity index (χ4v) is 2.61. The number of carbonyl (C=O) groups is 1. The van der Waals surface area contributed by atoms with Crippen LogP contribution in [0.15, 0.2) is 29.2 Å². The van der Waals surface area contributed by atoms with Crippen molar-refractivity contribution in [1.29, 1.82) is 0 Å². The number of hydrogen-bond acceptors (Lipinski definition) is 2. The average Bonchev–Trinajstić information content (AvgIpc) is 2.36. The second-order valence-electron chi connectivity index (χ2n) is 4.88. The summed E-state index contributed by atoms with van der Waals surface area (Å²) >= 11 is 12.0. The second-order valence-corrected chi connectivity index (χ2v) is 5.66. The number of hydrogen-bond donors (Lipinski definition) is 1. The highest BCUT2D eigenvalue weighted by Crippen LogP contribution is 2.29. The van der Waals surface area contributed by atoms with Crippen LogP contribution in [0.4, 0.5) is 0 Å². The second kappa shape index (κ2) is 5.46. The van der Waals surface area contributed by atoms with E-state index >= 15 is 0 Å². The number of carboxylic acids is 1. The van der Waals surface area contributed by atoms with Gasteiger partial charge >= 0.3 is 5.97 Å². The number of rotatable bonds is 3. The predicted octanol–water partition coefficient (Wildman–Crippen LogP) is 3.59. The Kier molecular flexibility index (Phi) is 4.06. The number of nitrogens with zero attached hydrogens (tertiary/aromatic N) is 1. The van der Waals surface area contributed by atoms with Crippen molar-refractivity contribution in [3.63, 3.8) is 0 Å². The summed E-state index contributed by atoms with van der Waals surface area (Å²) in [5, 5.41) is 10.8. The van der Waals surface area contributed by atoms with Gasteiger partial charge < -0.3 is 9.67 Å². The molecule has 0 radical (unpaired) electrons. The molecule has 1 aromatic carbocycles. The van der Waals surface area contributed by atoms with E-state index in [1.54, 1.807) is 26.0 Å². The van der Waals surface area contributed by atoms with Gasteiger partial charge in [0.05, 0.1) is 10.0 Å². The largest absolute Gasteiger partial charge is 0.480 e. The van der Waals surface area contributed by atoms with Crippen molar-refractivity contribution in [2.45, 2.75) is 19.9 Å². The maximum atomic E-state index is 12.4.